The Morgan fingerprint density at radius 2 is 1.56 bits per heavy atom. The minimum Gasteiger partial charge on any atom is -0.463 e. The Kier molecular flexibility index (Phi) is 6.26. The normalized spacial score (nSPS) is 15.1. The topological polar surface area (TPSA) is 64.6 Å². The zero-order valence-electron chi connectivity index (χ0n) is 14.8. The van der Waals surface area contributed by atoms with Gasteiger partial charge in [0.25, 0.3) is 0 Å². The first kappa shape index (κ1) is 19.1. The fourth-order valence-corrected chi connectivity index (χ4v) is 3.17. The van der Waals surface area contributed by atoms with Crippen molar-refractivity contribution in [1.29, 1.82) is 0 Å². The van der Waals surface area contributed by atoms with Crippen LogP contribution >= 0.6 is 11.6 Å². The summed E-state index contributed by atoms with van der Waals surface area (Å²) in [6, 6.07) is 7.11. The Morgan fingerprint density at radius 1 is 1.04 bits per heavy atom. The maximum absolute atomic E-state index is 12.6. The number of hydrogen-bond donors (Lipinski definition) is 1. The summed E-state index contributed by atoms with van der Waals surface area (Å²) in [5.74, 6) is -1.53. The molecule has 6 heteroatoms. The van der Waals surface area contributed by atoms with E-state index in [-0.39, 0.29) is 13.2 Å². The summed E-state index contributed by atoms with van der Waals surface area (Å²) in [5, 5.41) is 3.62. The van der Waals surface area contributed by atoms with Gasteiger partial charge < -0.3 is 14.8 Å². The molecular formula is C19H22ClNO4. The van der Waals surface area contributed by atoms with E-state index in [1.807, 2.05) is 6.07 Å². The van der Waals surface area contributed by atoms with E-state index in [0.717, 1.165) is 5.56 Å². The highest BCUT2D eigenvalue weighted by atomic mass is 35.5. The predicted molar refractivity (Wildman–Crippen MR) is 96.0 cm³/mol. The van der Waals surface area contributed by atoms with Gasteiger partial charge in [-0.05, 0) is 45.4 Å². The molecule has 1 heterocycles. The van der Waals surface area contributed by atoms with E-state index in [1.54, 1.807) is 45.9 Å². The van der Waals surface area contributed by atoms with E-state index in [1.165, 1.54) is 0 Å². The molecule has 0 aromatic heterocycles. The molecule has 0 fully saturated rings. The van der Waals surface area contributed by atoms with Crippen LogP contribution in [0.1, 0.15) is 39.2 Å². The third-order valence-electron chi connectivity index (χ3n) is 3.93. The average Bonchev–Trinajstić information content (AvgIpc) is 2.54. The lowest BCUT2D eigenvalue weighted by molar-refractivity contribution is -0.139. The third-order valence-corrected chi connectivity index (χ3v) is 4.17. The zero-order valence-corrected chi connectivity index (χ0v) is 15.6. The summed E-state index contributed by atoms with van der Waals surface area (Å²) in [6.07, 6.45) is 0. The van der Waals surface area contributed by atoms with E-state index in [2.05, 4.69) is 5.32 Å². The van der Waals surface area contributed by atoms with Crippen LogP contribution in [0.3, 0.4) is 0 Å². The summed E-state index contributed by atoms with van der Waals surface area (Å²) in [7, 11) is 0. The zero-order chi connectivity index (χ0) is 18.6. The predicted octanol–water partition coefficient (Wildman–Crippen LogP) is 3.70. The number of esters is 2. The summed E-state index contributed by atoms with van der Waals surface area (Å²) >= 11 is 6.13. The number of nitrogens with one attached hydrogen (secondary N) is 1. The van der Waals surface area contributed by atoms with Crippen LogP contribution in [0.15, 0.2) is 46.8 Å². The van der Waals surface area contributed by atoms with Crippen LogP contribution in [0.2, 0.25) is 5.02 Å². The maximum atomic E-state index is 12.6. The second-order valence-electron chi connectivity index (χ2n) is 5.63. The van der Waals surface area contributed by atoms with Gasteiger partial charge in [0.15, 0.2) is 0 Å². The van der Waals surface area contributed by atoms with E-state index in [0.29, 0.717) is 27.6 Å². The van der Waals surface area contributed by atoms with Crippen molar-refractivity contribution in [2.75, 3.05) is 13.2 Å². The monoisotopic (exact) mass is 363 g/mol. The van der Waals surface area contributed by atoms with Crippen molar-refractivity contribution in [3.63, 3.8) is 0 Å². The van der Waals surface area contributed by atoms with Crippen LogP contribution in [0.5, 0.6) is 0 Å². The molecule has 0 unspecified atom stereocenters. The van der Waals surface area contributed by atoms with Gasteiger partial charge in [-0.15, -0.1) is 0 Å². The largest absolute Gasteiger partial charge is 0.463 e. The molecule has 5 nitrogen and oxygen atoms in total. The lowest BCUT2D eigenvalue weighted by atomic mass is 9.80. The number of dihydropyridines is 1. The molecule has 0 bridgehead atoms. The summed E-state index contributed by atoms with van der Waals surface area (Å²) in [4.78, 5) is 25.2. The number of allylic oxidation sites excluding steroid dienone is 2. The molecule has 2 rings (SSSR count). The standard InChI is InChI=1S/C19H22ClNO4/c1-5-24-18(22)15-11(3)21-12(4)16(19(23)25-6-2)17(15)13-8-7-9-14(20)10-13/h7-10,17,21H,5-6H2,1-4H3. The van der Waals surface area contributed by atoms with Gasteiger partial charge in [-0.2, -0.15) is 0 Å². The van der Waals surface area contributed by atoms with Crippen LogP contribution in [-0.2, 0) is 19.1 Å². The van der Waals surface area contributed by atoms with E-state index < -0.39 is 17.9 Å². The van der Waals surface area contributed by atoms with Gasteiger partial charge in [0.2, 0.25) is 0 Å². The average molecular weight is 364 g/mol. The fraction of sp³-hybridized carbons (Fsp3) is 0.368. The van der Waals surface area contributed by atoms with Crippen molar-refractivity contribution in [2.24, 2.45) is 0 Å². The molecule has 134 valence electrons. The van der Waals surface area contributed by atoms with Crippen molar-refractivity contribution >= 4 is 23.5 Å². The Hall–Kier alpha value is -2.27. The van der Waals surface area contributed by atoms with Crippen molar-refractivity contribution < 1.29 is 19.1 Å². The van der Waals surface area contributed by atoms with Crippen molar-refractivity contribution in [2.45, 2.75) is 33.6 Å². The number of halogens is 1. The number of carbonyl (C=O) groups is 2. The summed E-state index contributed by atoms with van der Waals surface area (Å²) < 4.78 is 10.4. The number of hydrogen-bond acceptors (Lipinski definition) is 5. The first-order valence-corrected chi connectivity index (χ1v) is 8.56. The van der Waals surface area contributed by atoms with Crippen LogP contribution in [0.4, 0.5) is 0 Å². The van der Waals surface area contributed by atoms with Crippen LogP contribution < -0.4 is 5.32 Å². The second-order valence-corrected chi connectivity index (χ2v) is 6.07. The van der Waals surface area contributed by atoms with Gasteiger partial charge in [-0.1, -0.05) is 23.7 Å². The van der Waals surface area contributed by atoms with Crippen LogP contribution in [0, 0.1) is 0 Å². The molecule has 0 aliphatic carbocycles. The van der Waals surface area contributed by atoms with Gasteiger partial charge >= 0.3 is 11.9 Å². The van der Waals surface area contributed by atoms with E-state index >= 15 is 0 Å². The molecule has 1 aromatic rings. The number of carbonyl (C=O) groups excluding carboxylic acids is 2. The fourth-order valence-electron chi connectivity index (χ4n) is 2.97. The third kappa shape index (κ3) is 4.04. The molecule has 1 aliphatic heterocycles. The number of rotatable bonds is 5. The molecule has 1 N–H and O–H groups in total. The summed E-state index contributed by atoms with van der Waals surface area (Å²) in [5.41, 5.74) is 2.80. The lowest BCUT2D eigenvalue weighted by Crippen LogP contribution is -2.32. The number of ether oxygens (including phenoxy) is 2. The molecule has 1 aromatic carbocycles. The van der Waals surface area contributed by atoms with Crippen molar-refractivity contribution in [1.82, 2.24) is 5.32 Å². The Morgan fingerprint density at radius 3 is 2.00 bits per heavy atom. The highest BCUT2D eigenvalue weighted by molar-refractivity contribution is 6.30. The molecule has 0 spiro atoms. The molecule has 25 heavy (non-hydrogen) atoms. The smallest absolute Gasteiger partial charge is 0.336 e. The second kappa shape index (κ2) is 8.21. The Balaban J connectivity index is 2.64. The van der Waals surface area contributed by atoms with Crippen molar-refractivity contribution in [3.05, 3.63) is 57.4 Å². The highest BCUT2D eigenvalue weighted by Gasteiger charge is 2.37. The van der Waals surface area contributed by atoms with E-state index in [9.17, 15) is 9.59 Å². The number of benzene rings is 1. The lowest BCUT2D eigenvalue weighted by Gasteiger charge is -2.30. The molecule has 0 amide bonds. The van der Waals surface area contributed by atoms with Gasteiger partial charge in [0, 0.05) is 16.4 Å². The molecule has 0 atom stereocenters. The first-order chi connectivity index (χ1) is 11.9. The van der Waals surface area contributed by atoms with Crippen LogP contribution in [-0.4, -0.2) is 25.2 Å². The van der Waals surface area contributed by atoms with Gasteiger partial charge in [0.1, 0.15) is 0 Å². The molecule has 1 aliphatic rings. The van der Waals surface area contributed by atoms with Gasteiger partial charge in [-0.3, -0.25) is 0 Å². The highest BCUT2D eigenvalue weighted by Crippen LogP contribution is 2.39. The Labute approximate surface area is 152 Å². The summed E-state index contributed by atoms with van der Waals surface area (Å²) in [6.45, 7) is 7.55. The SMILES string of the molecule is CCOC(=O)C1=C(C)NC(C)=C(C(=O)OCC)C1c1cccc(Cl)c1. The quantitative estimate of drug-likeness (QED) is 0.808. The van der Waals surface area contributed by atoms with Gasteiger partial charge in [-0.25, -0.2) is 9.59 Å². The van der Waals surface area contributed by atoms with Crippen molar-refractivity contribution in [3.8, 4) is 0 Å². The van der Waals surface area contributed by atoms with E-state index in [4.69, 9.17) is 21.1 Å². The molecule has 0 radical (unpaired) electrons. The maximum Gasteiger partial charge on any atom is 0.336 e. The minimum atomic E-state index is -0.599. The van der Waals surface area contributed by atoms with Gasteiger partial charge in [0.05, 0.1) is 30.3 Å². The Bertz CT molecular complexity index is 712. The van der Waals surface area contributed by atoms with Crippen LogP contribution in [0.25, 0.3) is 0 Å². The molecule has 0 saturated carbocycles. The minimum absolute atomic E-state index is 0.245. The molecule has 0 saturated heterocycles. The molecular weight excluding hydrogens is 342 g/mol. The first-order valence-electron chi connectivity index (χ1n) is 8.18.